The molecule has 10 heteroatoms. The number of thiophene rings is 1. The molecule has 1 N–H and O–H groups in total. The molecule has 1 aliphatic heterocycles. The molecule has 3 amide bonds. The first-order chi connectivity index (χ1) is 14.2. The zero-order chi connectivity index (χ0) is 21.8. The first-order valence-electron chi connectivity index (χ1n) is 8.90. The van der Waals surface area contributed by atoms with Gasteiger partial charge in [-0.1, -0.05) is 12.1 Å². The Hall–Kier alpha value is -2.72. The fraction of sp³-hybridized carbons (Fsp3) is 0.250. The van der Waals surface area contributed by atoms with Gasteiger partial charge in [0.2, 0.25) is 0 Å². The Morgan fingerprint density at radius 1 is 1.23 bits per heavy atom. The molecule has 3 rings (SSSR count). The van der Waals surface area contributed by atoms with Crippen molar-refractivity contribution in [2.24, 2.45) is 0 Å². The highest BCUT2D eigenvalue weighted by molar-refractivity contribution is 8.18. The molecule has 1 saturated heterocycles. The van der Waals surface area contributed by atoms with E-state index < -0.39 is 17.8 Å². The SMILES string of the molecule is Cc1cc(C(=O)NCCN2C(=O)S/C(=C\c3ccc(OC(F)F)cc3)C2=O)c(C)s1. The van der Waals surface area contributed by atoms with Crippen molar-refractivity contribution in [2.75, 3.05) is 13.1 Å². The first kappa shape index (κ1) is 22.0. The van der Waals surface area contributed by atoms with E-state index in [4.69, 9.17) is 0 Å². The van der Waals surface area contributed by atoms with Crippen LogP contribution in [0.15, 0.2) is 35.2 Å². The topological polar surface area (TPSA) is 75.7 Å². The standard InChI is InChI=1S/C20H18F2N2O4S2/c1-11-9-15(12(2)29-11)17(25)23-7-8-24-18(26)16(30-20(24)27)10-13-3-5-14(6-4-13)28-19(21)22/h3-6,9-10,19H,7-8H2,1-2H3,(H,23,25)/b16-10-. The highest BCUT2D eigenvalue weighted by Gasteiger charge is 2.34. The van der Waals surface area contributed by atoms with E-state index in [1.165, 1.54) is 41.7 Å². The van der Waals surface area contributed by atoms with Crippen molar-refractivity contribution in [3.05, 3.63) is 56.1 Å². The number of halogens is 2. The molecule has 0 atom stereocenters. The second-order valence-corrected chi connectivity index (χ2v) is 8.82. The zero-order valence-electron chi connectivity index (χ0n) is 16.1. The number of imide groups is 1. The van der Waals surface area contributed by atoms with E-state index >= 15 is 0 Å². The minimum Gasteiger partial charge on any atom is -0.435 e. The van der Waals surface area contributed by atoms with Gasteiger partial charge in [0.05, 0.1) is 10.5 Å². The van der Waals surface area contributed by atoms with Gasteiger partial charge in [0.25, 0.3) is 17.1 Å². The summed E-state index contributed by atoms with van der Waals surface area (Å²) in [5, 5.41) is 2.30. The lowest BCUT2D eigenvalue weighted by Crippen LogP contribution is -2.37. The summed E-state index contributed by atoms with van der Waals surface area (Å²) in [6.45, 7) is 1.05. The van der Waals surface area contributed by atoms with Crippen molar-refractivity contribution in [2.45, 2.75) is 20.5 Å². The van der Waals surface area contributed by atoms with Crippen molar-refractivity contribution in [1.29, 1.82) is 0 Å². The van der Waals surface area contributed by atoms with E-state index in [1.807, 2.05) is 13.8 Å². The second-order valence-electron chi connectivity index (χ2n) is 6.36. The maximum atomic E-state index is 12.5. The monoisotopic (exact) mass is 452 g/mol. The molecule has 2 heterocycles. The molecule has 30 heavy (non-hydrogen) atoms. The molecule has 1 aliphatic rings. The number of amides is 3. The fourth-order valence-electron chi connectivity index (χ4n) is 2.82. The van der Waals surface area contributed by atoms with Crippen molar-refractivity contribution >= 4 is 46.2 Å². The summed E-state index contributed by atoms with van der Waals surface area (Å²) in [6.07, 6.45) is 1.51. The molecule has 0 unspecified atom stereocenters. The number of aryl methyl sites for hydroxylation is 2. The lowest BCUT2D eigenvalue weighted by atomic mass is 10.2. The maximum absolute atomic E-state index is 12.5. The number of alkyl halides is 2. The number of hydrogen-bond donors (Lipinski definition) is 1. The average Bonchev–Trinajstić information content (AvgIpc) is 3.15. The summed E-state index contributed by atoms with van der Waals surface area (Å²) in [5.74, 6) is -0.706. The van der Waals surface area contributed by atoms with E-state index in [0.29, 0.717) is 11.1 Å². The van der Waals surface area contributed by atoms with E-state index in [9.17, 15) is 23.2 Å². The number of nitrogens with one attached hydrogen (secondary N) is 1. The number of thioether (sulfide) groups is 1. The molecule has 0 saturated carbocycles. The highest BCUT2D eigenvalue weighted by Crippen LogP contribution is 2.32. The third-order valence-electron chi connectivity index (χ3n) is 4.18. The van der Waals surface area contributed by atoms with Crippen LogP contribution in [0.25, 0.3) is 6.08 Å². The lowest BCUT2D eigenvalue weighted by Gasteiger charge is -2.13. The van der Waals surface area contributed by atoms with E-state index in [1.54, 1.807) is 6.07 Å². The van der Waals surface area contributed by atoms with Gasteiger partial charge >= 0.3 is 6.61 Å². The van der Waals surface area contributed by atoms with Gasteiger partial charge in [-0.25, -0.2) is 0 Å². The highest BCUT2D eigenvalue weighted by atomic mass is 32.2. The van der Waals surface area contributed by atoms with Gasteiger partial charge in [-0.3, -0.25) is 19.3 Å². The van der Waals surface area contributed by atoms with Crippen LogP contribution in [0.2, 0.25) is 0 Å². The average molecular weight is 453 g/mol. The van der Waals surface area contributed by atoms with Crippen LogP contribution in [0.1, 0.15) is 25.7 Å². The Balaban J connectivity index is 1.58. The van der Waals surface area contributed by atoms with Crippen molar-refractivity contribution in [3.8, 4) is 5.75 Å². The van der Waals surface area contributed by atoms with Crippen LogP contribution < -0.4 is 10.1 Å². The van der Waals surface area contributed by atoms with Crippen LogP contribution in [0, 0.1) is 13.8 Å². The molecular weight excluding hydrogens is 434 g/mol. The number of benzene rings is 1. The van der Waals surface area contributed by atoms with Crippen molar-refractivity contribution in [1.82, 2.24) is 10.2 Å². The Labute approximate surface area is 179 Å². The van der Waals surface area contributed by atoms with Gasteiger partial charge in [-0.05, 0) is 55.4 Å². The van der Waals surface area contributed by atoms with Gasteiger partial charge in [0.15, 0.2) is 0 Å². The molecule has 1 fully saturated rings. The summed E-state index contributed by atoms with van der Waals surface area (Å²) in [7, 11) is 0. The largest absolute Gasteiger partial charge is 0.435 e. The molecule has 1 aromatic carbocycles. The normalized spacial score (nSPS) is 15.4. The summed E-state index contributed by atoms with van der Waals surface area (Å²) < 4.78 is 28.7. The lowest BCUT2D eigenvalue weighted by molar-refractivity contribution is -0.122. The predicted molar refractivity (Wildman–Crippen MR) is 112 cm³/mol. The van der Waals surface area contributed by atoms with Crippen molar-refractivity contribution in [3.63, 3.8) is 0 Å². The molecule has 0 radical (unpaired) electrons. The Morgan fingerprint density at radius 2 is 1.93 bits per heavy atom. The zero-order valence-corrected chi connectivity index (χ0v) is 17.7. The van der Waals surface area contributed by atoms with Crippen LogP contribution in [0.4, 0.5) is 13.6 Å². The summed E-state index contributed by atoms with van der Waals surface area (Å²) in [5.41, 5.74) is 1.16. The van der Waals surface area contributed by atoms with Crippen LogP contribution in [0.5, 0.6) is 5.75 Å². The molecule has 0 bridgehead atoms. The van der Waals surface area contributed by atoms with E-state index in [2.05, 4.69) is 10.1 Å². The second kappa shape index (κ2) is 9.40. The third kappa shape index (κ3) is 5.25. The molecule has 0 spiro atoms. The maximum Gasteiger partial charge on any atom is 0.387 e. The predicted octanol–water partition coefficient (Wildman–Crippen LogP) is 4.43. The molecule has 6 nitrogen and oxygen atoms in total. The van der Waals surface area contributed by atoms with Crippen LogP contribution in [0.3, 0.4) is 0 Å². The number of ether oxygens (including phenoxy) is 1. The number of carbonyl (C=O) groups is 3. The smallest absolute Gasteiger partial charge is 0.387 e. The number of carbonyl (C=O) groups excluding carboxylic acids is 3. The van der Waals surface area contributed by atoms with Gasteiger partial charge in [-0.2, -0.15) is 8.78 Å². The minimum atomic E-state index is -2.92. The van der Waals surface area contributed by atoms with E-state index in [-0.39, 0.29) is 29.7 Å². The van der Waals surface area contributed by atoms with Crippen molar-refractivity contribution < 1.29 is 27.9 Å². The third-order valence-corrected chi connectivity index (χ3v) is 6.06. The molecule has 1 aromatic heterocycles. The van der Waals surface area contributed by atoms with Crippen LogP contribution in [-0.2, 0) is 4.79 Å². The van der Waals surface area contributed by atoms with Gasteiger partial charge in [0.1, 0.15) is 5.75 Å². The van der Waals surface area contributed by atoms with E-state index in [0.717, 1.165) is 26.4 Å². The Morgan fingerprint density at radius 3 is 2.53 bits per heavy atom. The summed E-state index contributed by atoms with van der Waals surface area (Å²) in [4.78, 5) is 40.2. The minimum absolute atomic E-state index is 0.00190. The summed E-state index contributed by atoms with van der Waals surface area (Å²) in [6, 6.07) is 7.53. The summed E-state index contributed by atoms with van der Waals surface area (Å²) >= 11 is 2.32. The number of rotatable bonds is 7. The Kier molecular flexibility index (Phi) is 6.88. The first-order valence-corrected chi connectivity index (χ1v) is 10.5. The van der Waals surface area contributed by atoms with Gasteiger partial charge in [0, 0.05) is 22.8 Å². The number of hydrogen-bond acceptors (Lipinski definition) is 6. The van der Waals surface area contributed by atoms with Gasteiger partial charge < -0.3 is 10.1 Å². The van der Waals surface area contributed by atoms with Gasteiger partial charge in [-0.15, -0.1) is 11.3 Å². The number of nitrogens with zero attached hydrogens (tertiary/aromatic N) is 1. The molecular formula is C20H18F2N2O4S2. The van der Waals surface area contributed by atoms with Crippen LogP contribution in [-0.4, -0.2) is 41.7 Å². The molecule has 158 valence electrons. The Bertz CT molecular complexity index is 1000. The fourth-order valence-corrected chi connectivity index (χ4v) is 4.61. The molecule has 2 aromatic rings. The van der Waals surface area contributed by atoms with Crippen LogP contribution >= 0.6 is 23.1 Å². The molecule has 0 aliphatic carbocycles. The quantitative estimate of drug-likeness (QED) is 0.629.